The maximum absolute atomic E-state index is 6.08. The second kappa shape index (κ2) is 9.76. The number of hydrogen-bond acceptors (Lipinski definition) is 4. The van der Waals surface area contributed by atoms with E-state index in [1.54, 1.807) is 0 Å². The van der Waals surface area contributed by atoms with E-state index in [2.05, 4.69) is 38.1 Å². The molecule has 6 heteroatoms. The van der Waals surface area contributed by atoms with Crippen LogP contribution in [0.2, 0.25) is 0 Å². The Morgan fingerprint density at radius 1 is 1.23 bits per heavy atom. The van der Waals surface area contributed by atoms with Crippen molar-refractivity contribution in [2.75, 3.05) is 37.6 Å². The van der Waals surface area contributed by atoms with Gasteiger partial charge >= 0.3 is 0 Å². The van der Waals surface area contributed by atoms with Gasteiger partial charge in [0.2, 0.25) is 0 Å². The summed E-state index contributed by atoms with van der Waals surface area (Å²) in [6, 6.07) is 4.79. The Morgan fingerprint density at radius 2 is 2.04 bits per heavy atom. The summed E-state index contributed by atoms with van der Waals surface area (Å²) in [5.41, 5.74) is 7.25. The molecule has 3 heterocycles. The maximum atomic E-state index is 6.08. The van der Waals surface area contributed by atoms with Crippen LogP contribution in [0, 0.1) is 0 Å². The summed E-state index contributed by atoms with van der Waals surface area (Å²) >= 11 is 0. The Bertz CT molecular complexity index is 579. The summed E-state index contributed by atoms with van der Waals surface area (Å²) in [5, 5.41) is 3.31. The third kappa shape index (κ3) is 5.34. The highest BCUT2D eigenvalue weighted by Crippen LogP contribution is 2.18. The molecule has 1 aromatic heterocycles. The maximum Gasteiger partial charge on any atom is 0.188 e. The van der Waals surface area contributed by atoms with E-state index < -0.39 is 0 Å². The van der Waals surface area contributed by atoms with Gasteiger partial charge in [0.05, 0.1) is 6.54 Å². The Balaban J connectivity index is 1.51. The Hall–Kier alpha value is -1.82. The summed E-state index contributed by atoms with van der Waals surface area (Å²) in [6.45, 7) is 8.25. The van der Waals surface area contributed by atoms with Crippen LogP contribution in [0.4, 0.5) is 5.82 Å². The van der Waals surface area contributed by atoms with Crippen molar-refractivity contribution >= 4 is 11.8 Å². The van der Waals surface area contributed by atoms with Crippen molar-refractivity contribution in [3.05, 3.63) is 23.9 Å². The highest BCUT2D eigenvalue weighted by atomic mass is 15.2. The van der Waals surface area contributed by atoms with E-state index in [-0.39, 0.29) is 0 Å². The van der Waals surface area contributed by atoms with Gasteiger partial charge in [-0.3, -0.25) is 4.90 Å². The summed E-state index contributed by atoms with van der Waals surface area (Å²) < 4.78 is 0. The first-order valence-corrected chi connectivity index (χ1v) is 10.2. The van der Waals surface area contributed by atoms with Crippen LogP contribution in [0.25, 0.3) is 0 Å². The number of pyridine rings is 1. The van der Waals surface area contributed by atoms with Gasteiger partial charge in [0, 0.05) is 31.9 Å². The van der Waals surface area contributed by atoms with Crippen LogP contribution in [-0.4, -0.2) is 54.6 Å². The fourth-order valence-electron chi connectivity index (χ4n) is 4.03. The largest absolute Gasteiger partial charge is 0.370 e. The minimum absolute atomic E-state index is 0.543. The van der Waals surface area contributed by atoms with E-state index in [1.807, 2.05) is 12.3 Å². The molecule has 144 valence electrons. The molecule has 26 heavy (non-hydrogen) atoms. The lowest BCUT2D eigenvalue weighted by atomic mass is 10.2. The molecule has 2 aliphatic rings. The number of aromatic nitrogens is 1. The fourth-order valence-corrected chi connectivity index (χ4v) is 4.03. The molecule has 0 aliphatic carbocycles. The zero-order chi connectivity index (χ0) is 18.2. The first-order valence-electron chi connectivity index (χ1n) is 10.2. The minimum Gasteiger partial charge on any atom is -0.370 e. The molecule has 0 saturated carbocycles. The summed E-state index contributed by atoms with van der Waals surface area (Å²) in [6.07, 6.45) is 9.61. The van der Waals surface area contributed by atoms with Crippen molar-refractivity contribution in [1.82, 2.24) is 15.2 Å². The van der Waals surface area contributed by atoms with E-state index in [4.69, 9.17) is 5.73 Å². The number of aliphatic imine (C=N–C) groups is 1. The van der Waals surface area contributed by atoms with Crippen LogP contribution in [-0.2, 0) is 6.54 Å². The summed E-state index contributed by atoms with van der Waals surface area (Å²) in [5.74, 6) is 1.62. The zero-order valence-electron chi connectivity index (χ0n) is 16.2. The molecule has 3 N–H and O–H groups in total. The predicted octanol–water partition coefficient (Wildman–Crippen LogP) is 2.35. The molecule has 1 unspecified atom stereocenters. The van der Waals surface area contributed by atoms with Crippen molar-refractivity contribution < 1.29 is 0 Å². The fraction of sp³-hybridized carbons (Fsp3) is 0.700. The second-order valence-corrected chi connectivity index (χ2v) is 7.43. The smallest absolute Gasteiger partial charge is 0.188 e. The molecule has 1 atom stereocenters. The molecule has 1 aromatic rings. The number of likely N-dealkylation sites (tertiary alicyclic amines) is 1. The molecule has 0 radical (unpaired) electrons. The highest BCUT2D eigenvalue weighted by molar-refractivity contribution is 5.77. The van der Waals surface area contributed by atoms with E-state index >= 15 is 0 Å². The van der Waals surface area contributed by atoms with Crippen LogP contribution in [0.15, 0.2) is 23.3 Å². The van der Waals surface area contributed by atoms with Crippen molar-refractivity contribution in [1.29, 1.82) is 0 Å². The lowest BCUT2D eigenvalue weighted by molar-refractivity contribution is 0.267. The van der Waals surface area contributed by atoms with E-state index in [1.165, 1.54) is 50.6 Å². The van der Waals surface area contributed by atoms with Crippen LogP contribution < -0.4 is 16.0 Å². The van der Waals surface area contributed by atoms with Crippen molar-refractivity contribution in [3.8, 4) is 0 Å². The van der Waals surface area contributed by atoms with Crippen LogP contribution in [0.3, 0.4) is 0 Å². The van der Waals surface area contributed by atoms with Crippen LogP contribution >= 0.6 is 0 Å². The third-order valence-corrected chi connectivity index (χ3v) is 5.60. The normalized spacial score (nSPS) is 22.4. The Labute approximate surface area is 157 Å². The average Bonchev–Trinajstić information content (AvgIpc) is 2.95. The Kier molecular flexibility index (Phi) is 7.12. The number of nitrogens with two attached hydrogens (primary N) is 1. The Morgan fingerprint density at radius 3 is 2.81 bits per heavy atom. The van der Waals surface area contributed by atoms with Crippen molar-refractivity contribution in [2.24, 2.45) is 10.7 Å². The van der Waals surface area contributed by atoms with Gasteiger partial charge in [-0.25, -0.2) is 9.98 Å². The number of anilines is 1. The second-order valence-electron chi connectivity index (χ2n) is 7.43. The molecule has 2 aliphatic heterocycles. The third-order valence-electron chi connectivity index (χ3n) is 5.60. The molecule has 2 saturated heterocycles. The molecule has 6 nitrogen and oxygen atoms in total. The van der Waals surface area contributed by atoms with Gasteiger partial charge < -0.3 is 16.0 Å². The lowest BCUT2D eigenvalue weighted by Crippen LogP contribution is -2.42. The number of nitrogens with zero attached hydrogens (tertiary/aromatic N) is 4. The number of likely N-dealkylation sites (N-methyl/N-ethyl adjacent to an activating group) is 1. The molecule has 2 fully saturated rings. The van der Waals surface area contributed by atoms with Gasteiger partial charge in [0.1, 0.15) is 5.82 Å². The van der Waals surface area contributed by atoms with Gasteiger partial charge in [-0.05, 0) is 56.5 Å². The number of guanidine groups is 1. The standard InChI is InChI=1S/C20H34N6/c1-2-25-13-7-8-18(25)16-24-20(21)23-15-17-9-10-22-19(14-17)26-11-5-3-4-6-12-26/h9-10,14,18H,2-8,11-13,15-16H2,1H3,(H3,21,23,24). The molecular formula is C20H34N6. The zero-order valence-corrected chi connectivity index (χ0v) is 16.2. The number of hydrogen-bond donors (Lipinski definition) is 2. The summed E-state index contributed by atoms with van der Waals surface area (Å²) in [4.78, 5) is 14.0. The minimum atomic E-state index is 0.543. The average molecular weight is 359 g/mol. The molecule has 0 aromatic carbocycles. The van der Waals surface area contributed by atoms with E-state index in [0.29, 0.717) is 18.5 Å². The lowest BCUT2D eigenvalue weighted by Gasteiger charge is -2.23. The molecule has 0 amide bonds. The molecule has 0 bridgehead atoms. The van der Waals surface area contributed by atoms with Gasteiger partial charge in [0.15, 0.2) is 5.96 Å². The van der Waals surface area contributed by atoms with E-state index in [9.17, 15) is 0 Å². The van der Waals surface area contributed by atoms with Gasteiger partial charge in [0.25, 0.3) is 0 Å². The van der Waals surface area contributed by atoms with Crippen molar-refractivity contribution in [3.63, 3.8) is 0 Å². The number of nitrogens with one attached hydrogen (secondary N) is 1. The van der Waals surface area contributed by atoms with Crippen molar-refractivity contribution in [2.45, 2.75) is 58.0 Å². The highest BCUT2D eigenvalue weighted by Gasteiger charge is 2.22. The molecule has 3 rings (SSSR count). The summed E-state index contributed by atoms with van der Waals surface area (Å²) in [7, 11) is 0. The first kappa shape index (κ1) is 19.0. The van der Waals surface area contributed by atoms with Gasteiger partial charge in [-0.15, -0.1) is 0 Å². The number of rotatable bonds is 6. The van der Waals surface area contributed by atoms with Gasteiger partial charge in [-0.2, -0.15) is 0 Å². The predicted molar refractivity (Wildman–Crippen MR) is 109 cm³/mol. The van der Waals surface area contributed by atoms with E-state index in [0.717, 1.165) is 32.0 Å². The topological polar surface area (TPSA) is 69.8 Å². The van der Waals surface area contributed by atoms with Gasteiger partial charge in [-0.1, -0.05) is 19.8 Å². The van der Waals surface area contributed by atoms with Crippen LogP contribution in [0.5, 0.6) is 0 Å². The first-order chi connectivity index (χ1) is 12.8. The van der Waals surface area contributed by atoms with Crippen LogP contribution in [0.1, 0.15) is 51.0 Å². The molecular weight excluding hydrogens is 324 g/mol. The SMILES string of the molecule is CCN1CCCC1CNC(N)=NCc1ccnc(N2CCCCCC2)c1. The molecule has 0 spiro atoms. The quantitative estimate of drug-likeness (QED) is 0.603. The monoisotopic (exact) mass is 358 g/mol.